The molecule has 8 heterocycles. The van der Waals surface area contributed by atoms with Gasteiger partial charge in [-0.1, -0.05) is 0 Å². The molecule has 10 atom stereocenters. The molecule has 4 bridgehead atoms. The summed E-state index contributed by atoms with van der Waals surface area (Å²) in [5.41, 5.74) is 9.15. The smallest absolute Gasteiger partial charge is 0.382 e. The number of anilines is 2. The molecule has 0 amide bonds. The van der Waals surface area contributed by atoms with Crippen LogP contribution in [0.1, 0.15) is 12.5 Å². The standard InChI is InChI=1S/C21H23FN10O12P2/c22-8-7-1-39-45(34,35)44-13-12-19(31-5-27-9-14(23)25-4-26-15(9)31)42-21(13,2-38-12)3-40-46(36,37)43-11(8)18(41-7)32-6-28-10-16(32)29-20(24)30-17(10)33/h4-8,11-13,18-19H,1-3H2,(H,34,35)(H,36,37)(H2,23,25,26)(H3,24,29,30,33)/t7-,8-,11-,12-,13?,18-,19-,21-/m1/s1. The van der Waals surface area contributed by atoms with Gasteiger partial charge in [-0.05, 0) is 0 Å². The van der Waals surface area contributed by atoms with E-state index in [0.717, 1.165) is 10.9 Å². The van der Waals surface area contributed by atoms with Crippen LogP contribution in [0.25, 0.3) is 22.3 Å². The van der Waals surface area contributed by atoms with Crippen molar-refractivity contribution in [1.82, 2.24) is 39.0 Å². The van der Waals surface area contributed by atoms with Crippen molar-refractivity contribution in [2.75, 3.05) is 31.3 Å². The second kappa shape index (κ2) is 10.3. The van der Waals surface area contributed by atoms with Crippen molar-refractivity contribution in [2.24, 2.45) is 0 Å². The maximum atomic E-state index is 15.8. The number of nitrogens with one attached hydrogen (secondary N) is 1. The van der Waals surface area contributed by atoms with E-state index in [9.17, 15) is 23.7 Å². The summed E-state index contributed by atoms with van der Waals surface area (Å²) < 4.78 is 83.9. The lowest BCUT2D eigenvalue weighted by Crippen LogP contribution is -2.45. The molecule has 0 aliphatic carbocycles. The zero-order valence-electron chi connectivity index (χ0n) is 22.9. The van der Waals surface area contributed by atoms with Crippen molar-refractivity contribution in [3.63, 3.8) is 0 Å². The molecular weight excluding hydrogens is 665 g/mol. The maximum absolute atomic E-state index is 15.8. The summed E-state index contributed by atoms with van der Waals surface area (Å²) in [6, 6.07) is 0. The molecule has 4 aromatic heterocycles. The number of hydrogen-bond acceptors (Lipinski definition) is 17. The number of fused-ring (bicyclic) bond motifs is 4. The predicted molar refractivity (Wildman–Crippen MR) is 145 cm³/mol. The van der Waals surface area contributed by atoms with E-state index in [2.05, 4.69) is 29.9 Å². The Bertz CT molecular complexity index is 2030. The van der Waals surface area contributed by atoms with E-state index in [1.165, 1.54) is 17.2 Å². The summed E-state index contributed by atoms with van der Waals surface area (Å²) in [5, 5.41) is 0. The molecule has 46 heavy (non-hydrogen) atoms. The second-order valence-corrected chi connectivity index (χ2v) is 13.6. The van der Waals surface area contributed by atoms with E-state index in [4.69, 9.17) is 43.8 Å². The number of alkyl halides is 1. The highest BCUT2D eigenvalue weighted by Crippen LogP contribution is 2.58. The highest BCUT2D eigenvalue weighted by molar-refractivity contribution is 7.47. The van der Waals surface area contributed by atoms with Gasteiger partial charge in [0.05, 0.1) is 32.5 Å². The Hall–Kier alpha value is -3.47. The third-order valence-electron chi connectivity index (χ3n) is 8.00. The normalized spacial score (nSPS) is 39.7. The SMILES string of the molecule is Nc1nc2c(ncn2[C@@H]2O[C@@H]3COP(=O)(O)OC4[C@H]5OC[C@]4(COP(=O)(O)O[C@@H]2[C@@H]3F)O[C@H]5n2cnc3c(N)ncnc32)c(=O)[nH]1. The first kappa shape index (κ1) is 29.9. The zero-order chi connectivity index (χ0) is 32.2. The van der Waals surface area contributed by atoms with Gasteiger partial charge >= 0.3 is 15.6 Å². The third-order valence-corrected chi connectivity index (χ3v) is 9.93. The Morgan fingerprint density at radius 1 is 0.957 bits per heavy atom. The van der Waals surface area contributed by atoms with Crippen LogP contribution in [0.5, 0.6) is 0 Å². The van der Waals surface area contributed by atoms with Crippen molar-refractivity contribution in [3.05, 3.63) is 29.3 Å². The van der Waals surface area contributed by atoms with Crippen LogP contribution in [-0.2, 0) is 41.4 Å². The van der Waals surface area contributed by atoms with E-state index in [0.29, 0.717) is 0 Å². The van der Waals surface area contributed by atoms with Crippen molar-refractivity contribution in [1.29, 1.82) is 0 Å². The number of nitrogens with zero attached hydrogens (tertiary/aromatic N) is 7. The molecule has 0 aromatic carbocycles. The molecule has 0 saturated carbocycles. The van der Waals surface area contributed by atoms with Crippen LogP contribution in [0.4, 0.5) is 16.2 Å². The fourth-order valence-corrected chi connectivity index (χ4v) is 7.91. The lowest BCUT2D eigenvalue weighted by atomic mass is 10.0. The number of phosphoric acid groups is 2. The monoisotopic (exact) mass is 688 g/mol. The molecule has 4 saturated heterocycles. The molecular formula is C21H23FN10O12P2. The lowest BCUT2D eigenvalue weighted by molar-refractivity contribution is -0.184. The number of aromatic amines is 1. The average Bonchev–Trinajstić information content (AvgIpc) is 3.80. The molecule has 8 rings (SSSR count). The number of halogens is 1. The number of H-pyrrole nitrogens is 1. The summed E-state index contributed by atoms with van der Waals surface area (Å²) in [4.78, 5) is 56.3. The molecule has 25 heteroatoms. The summed E-state index contributed by atoms with van der Waals surface area (Å²) in [5.74, 6) is -0.223. The Balaban J connectivity index is 1.14. The van der Waals surface area contributed by atoms with Crippen molar-refractivity contribution >= 4 is 49.7 Å². The molecule has 0 radical (unpaired) electrons. The van der Waals surface area contributed by atoms with E-state index >= 15 is 4.39 Å². The first-order chi connectivity index (χ1) is 21.8. The van der Waals surface area contributed by atoms with Crippen LogP contribution < -0.4 is 17.0 Å². The quantitative estimate of drug-likeness (QED) is 0.158. The third kappa shape index (κ3) is 4.66. The summed E-state index contributed by atoms with van der Waals surface area (Å²) >= 11 is 0. The fraction of sp³-hybridized carbons (Fsp3) is 0.524. The van der Waals surface area contributed by atoms with E-state index in [1.807, 2.05) is 0 Å². The topological polar surface area (TPSA) is 298 Å². The van der Waals surface area contributed by atoms with E-state index in [1.54, 1.807) is 0 Å². The lowest BCUT2D eigenvalue weighted by Gasteiger charge is -2.32. The molecule has 4 aliphatic heterocycles. The van der Waals surface area contributed by atoms with E-state index in [-0.39, 0.29) is 40.7 Å². The largest absolute Gasteiger partial charge is 0.472 e. The average molecular weight is 688 g/mol. The molecule has 7 N–H and O–H groups in total. The Kier molecular flexibility index (Phi) is 6.67. The van der Waals surface area contributed by atoms with Gasteiger partial charge in [0.15, 0.2) is 41.3 Å². The van der Waals surface area contributed by atoms with Gasteiger partial charge in [-0.3, -0.25) is 37.0 Å². The van der Waals surface area contributed by atoms with Gasteiger partial charge in [0.25, 0.3) is 5.56 Å². The maximum Gasteiger partial charge on any atom is 0.472 e. The van der Waals surface area contributed by atoms with Gasteiger partial charge < -0.3 is 35.5 Å². The Morgan fingerprint density at radius 2 is 1.70 bits per heavy atom. The number of ether oxygens (including phenoxy) is 3. The highest BCUT2D eigenvalue weighted by atomic mass is 31.2. The minimum absolute atomic E-state index is 0.0795. The number of hydrogen-bond donors (Lipinski definition) is 5. The number of nitrogen functional groups attached to an aromatic ring is 2. The minimum atomic E-state index is -5.19. The van der Waals surface area contributed by atoms with Crippen molar-refractivity contribution in [2.45, 2.75) is 48.6 Å². The number of rotatable bonds is 2. The summed E-state index contributed by atoms with van der Waals surface area (Å²) in [7, 11) is -10.2. The van der Waals surface area contributed by atoms with Gasteiger partial charge in [0.2, 0.25) is 5.95 Å². The summed E-state index contributed by atoms with van der Waals surface area (Å²) in [6.07, 6.45) is -7.48. The van der Waals surface area contributed by atoms with Crippen LogP contribution >= 0.6 is 15.6 Å². The molecule has 4 aromatic rings. The van der Waals surface area contributed by atoms with E-state index < -0.39 is 83.1 Å². The first-order valence-corrected chi connectivity index (χ1v) is 16.4. The molecule has 4 aliphatic rings. The number of imidazole rings is 2. The predicted octanol–water partition coefficient (Wildman–Crippen LogP) is -0.956. The first-order valence-electron chi connectivity index (χ1n) is 13.4. The van der Waals surface area contributed by atoms with Crippen LogP contribution in [0, 0.1) is 0 Å². The Morgan fingerprint density at radius 3 is 2.50 bits per heavy atom. The van der Waals surface area contributed by atoms with Gasteiger partial charge in [-0.25, -0.2) is 33.5 Å². The van der Waals surface area contributed by atoms with Crippen LogP contribution in [0.15, 0.2) is 23.8 Å². The number of aromatic nitrogens is 8. The molecule has 3 unspecified atom stereocenters. The summed E-state index contributed by atoms with van der Waals surface area (Å²) in [6.45, 7) is -2.01. The molecule has 4 fully saturated rings. The minimum Gasteiger partial charge on any atom is -0.382 e. The van der Waals surface area contributed by atoms with Gasteiger partial charge in [-0.15, -0.1) is 0 Å². The molecule has 0 spiro atoms. The second-order valence-electron chi connectivity index (χ2n) is 10.8. The molecule has 22 nitrogen and oxygen atoms in total. The number of phosphoric ester groups is 2. The van der Waals surface area contributed by atoms with Crippen molar-refractivity contribution < 1.29 is 55.6 Å². The van der Waals surface area contributed by atoms with Crippen LogP contribution in [0.3, 0.4) is 0 Å². The van der Waals surface area contributed by atoms with Gasteiger partial charge in [0, 0.05) is 0 Å². The fourth-order valence-electron chi connectivity index (χ4n) is 5.94. The van der Waals surface area contributed by atoms with Crippen LogP contribution in [-0.4, -0.2) is 105 Å². The van der Waals surface area contributed by atoms with Crippen LogP contribution in [0.2, 0.25) is 0 Å². The van der Waals surface area contributed by atoms with Crippen molar-refractivity contribution in [3.8, 4) is 0 Å². The highest BCUT2D eigenvalue weighted by Gasteiger charge is 2.66. The zero-order valence-corrected chi connectivity index (χ0v) is 24.7. The Labute approximate surface area is 253 Å². The van der Waals surface area contributed by atoms with Gasteiger partial charge in [-0.2, -0.15) is 4.98 Å². The van der Waals surface area contributed by atoms with Gasteiger partial charge in [0.1, 0.15) is 41.9 Å². The molecule has 246 valence electrons. The number of nitrogens with two attached hydrogens (primary N) is 2.